The standard InChI is InChI=1S/C14H7F2NO3/c15-8-5-9(16)7-10(6-8)20-17-13(18)11-3-1-2-4-12(11)14(17)19/h1-7H. The van der Waals surface area contributed by atoms with Crippen LogP contribution in [-0.4, -0.2) is 16.9 Å². The lowest BCUT2D eigenvalue weighted by Crippen LogP contribution is -2.33. The first-order valence-electron chi connectivity index (χ1n) is 5.68. The molecule has 1 aliphatic heterocycles. The first kappa shape index (κ1) is 12.3. The molecule has 100 valence electrons. The molecule has 0 aromatic heterocycles. The molecule has 0 N–H and O–H groups in total. The van der Waals surface area contributed by atoms with E-state index in [4.69, 9.17) is 4.84 Å². The number of nitrogens with zero attached hydrogens (tertiary/aromatic N) is 1. The van der Waals surface area contributed by atoms with E-state index >= 15 is 0 Å². The van der Waals surface area contributed by atoms with Crippen LogP contribution in [0.4, 0.5) is 8.78 Å². The Bertz CT molecular complexity index is 675. The van der Waals surface area contributed by atoms with Crippen molar-refractivity contribution in [2.75, 3.05) is 0 Å². The van der Waals surface area contributed by atoms with Gasteiger partial charge in [-0.2, -0.15) is 0 Å². The zero-order chi connectivity index (χ0) is 14.3. The van der Waals surface area contributed by atoms with Gasteiger partial charge in [-0.05, 0) is 12.1 Å². The summed E-state index contributed by atoms with van der Waals surface area (Å²) < 4.78 is 26.1. The molecular weight excluding hydrogens is 268 g/mol. The van der Waals surface area contributed by atoms with Gasteiger partial charge in [-0.25, -0.2) is 8.78 Å². The summed E-state index contributed by atoms with van der Waals surface area (Å²) in [5.41, 5.74) is 0.378. The number of amides is 2. The minimum absolute atomic E-state index is 0.189. The lowest BCUT2D eigenvalue weighted by molar-refractivity contribution is -0.0144. The zero-order valence-corrected chi connectivity index (χ0v) is 9.97. The predicted octanol–water partition coefficient (Wildman–Crippen LogP) is 2.55. The van der Waals surface area contributed by atoms with Gasteiger partial charge in [0.1, 0.15) is 11.6 Å². The second kappa shape index (κ2) is 4.41. The van der Waals surface area contributed by atoms with E-state index < -0.39 is 23.4 Å². The van der Waals surface area contributed by atoms with Crippen molar-refractivity contribution in [3.8, 4) is 5.75 Å². The highest BCUT2D eigenvalue weighted by Gasteiger charge is 2.37. The van der Waals surface area contributed by atoms with Gasteiger partial charge in [-0.1, -0.05) is 17.2 Å². The molecular formula is C14H7F2NO3. The molecule has 0 aliphatic carbocycles. The van der Waals surface area contributed by atoms with Crippen LogP contribution in [0.25, 0.3) is 0 Å². The summed E-state index contributed by atoms with van der Waals surface area (Å²) in [6, 6.07) is 8.59. The molecule has 1 heterocycles. The fourth-order valence-corrected chi connectivity index (χ4v) is 1.94. The van der Waals surface area contributed by atoms with Crippen LogP contribution in [0.3, 0.4) is 0 Å². The van der Waals surface area contributed by atoms with E-state index in [0.29, 0.717) is 11.1 Å². The van der Waals surface area contributed by atoms with Gasteiger partial charge in [0.15, 0.2) is 5.75 Å². The first-order chi connectivity index (χ1) is 9.56. The highest BCUT2D eigenvalue weighted by molar-refractivity contribution is 6.20. The summed E-state index contributed by atoms with van der Waals surface area (Å²) in [4.78, 5) is 28.9. The Kier molecular flexibility index (Phi) is 2.71. The van der Waals surface area contributed by atoms with Crippen LogP contribution < -0.4 is 4.84 Å². The lowest BCUT2D eigenvalue weighted by atomic mass is 10.1. The molecule has 0 spiro atoms. The molecule has 2 amide bonds. The van der Waals surface area contributed by atoms with Gasteiger partial charge in [0.2, 0.25) is 0 Å². The fraction of sp³-hybridized carbons (Fsp3) is 0. The van der Waals surface area contributed by atoms with Gasteiger partial charge < -0.3 is 4.84 Å². The van der Waals surface area contributed by atoms with Gasteiger partial charge in [-0.3, -0.25) is 9.59 Å². The fourth-order valence-electron chi connectivity index (χ4n) is 1.94. The maximum Gasteiger partial charge on any atom is 0.295 e. The maximum absolute atomic E-state index is 13.1. The van der Waals surface area contributed by atoms with Crippen molar-refractivity contribution >= 4 is 11.8 Å². The van der Waals surface area contributed by atoms with Crippen molar-refractivity contribution in [3.63, 3.8) is 0 Å². The Morgan fingerprint density at radius 2 is 1.35 bits per heavy atom. The molecule has 0 saturated heterocycles. The molecule has 3 rings (SSSR count). The van der Waals surface area contributed by atoms with E-state index in [0.717, 1.165) is 12.1 Å². The Labute approximate surface area is 112 Å². The molecule has 0 radical (unpaired) electrons. The third-order valence-electron chi connectivity index (χ3n) is 2.79. The Morgan fingerprint density at radius 1 is 0.850 bits per heavy atom. The summed E-state index contributed by atoms with van der Waals surface area (Å²) in [5.74, 6) is -3.34. The quantitative estimate of drug-likeness (QED) is 0.791. The number of hydroxylamine groups is 2. The molecule has 1 aliphatic rings. The number of benzene rings is 2. The van der Waals surface area contributed by atoms with Gasteiger partial charge in [0.05, 0.1) is 11.1 Å². The maximum atomic E-state index is 13.1. The molecule has 4 nitrogen and oxygen atoms in total. The average Bonchev–Trinajstić information content (AvgIpc) is 2.64. The van der Waals surface area contributed by atoms with E-state index in [2.05, 4.69) is 0 Å². The second-order valence-electron chi connectivity index (χ2n) is 4.15. The number of fused-ring (bicyclic) bond motifs is 1. The molecule has 0 atom stereocenters. The summed E-state index contributed by atoms with van der Waals surface area (Å²) in [6.07, 6.45) is 0. The monoisotopic (exact) mass is 275 g/mol. The number of hydrogen-bond donors (Lipinski definition) is 0. The van der Waals surface area contributed by atoms with Crippen molar-refractivity contribution in [3.05, 3.63) is 65.2 Å². The van der Waals surface area contributed by atoms with Gasteiger partial charge in [-0.15, -0.1) is 0 Å². The smallest absolute Gasteiger partial charge is 0.295 e. The van der Waals surface area contributed by atoms with Gasteiger partial charge >= 0.3 is 0 Å². The van der Waals surface area contributed by atoms with Crippen LogP contribution in [0.5, 0.6) is 5.75 Å². The molecule has 0 bridgehead atoms. The molecule has 0 fully saturated rings. The number of hydrogen-bond acceptors (Lipinski definition) is 3. The van der Waals surface area contributed by atoms with E-state index in [1.807, 2.05) is 0 Å². The van der Waals surface area contributed by atoms with Crippen LogP contribution in [0.2, 0.25) is 0 Å². The number of imide groups is 1. The predicted molar refractivity (Wildman–Crippen MR) is 63.9 cm³/mol. The van der Waals surface area contributed by atoms with Crippen molar-refractivity contribution in [1.82, 2.24) is 5.06 Å². The summed E-state index contributed by atoms with van der Waals surface area (Å²) >= 11 is 0. The highest BCUT2D eigenvalue weighted by Crippen LogP contribution is 2.25. The summed E-state index contributed by atoms with van der Waals surface area (Å²) in [6.45, 7) is 0. The van der Waals surface area contributed by atoms with Crippen molar-refractivity contribution < 1.29 is 23.2 Å². The molecule has 20 heavy (non-hydrogen) atoms. The van der Waals surface area contributed by atoms with E-state index in [-0.39, 0.29) is 16.9 Å². The van der Waals surface area contributed by atoms with E-state index in [1.54, 1.807) is 12.1 Å². The van der Waals surface area contributed by atoms with Crippen LogP contribution in [0.1, 0.15) is 20.7 Å². The minimum atomic E-state index is -0.864. The zero-order valence-electron chi connectivity index (χ0n) is 9.97. The molecule has 0 unspecified atom stereocenters. The van der Waals surface area contributed by atoms with E-state index in [9.17, 15) is 18.4 Å². The lowest BCUT2D eigenvalue weighted by Gasteiger charge is -2.14. The Balaban J connectivity index is 1.93. The summed E-state index contributed by atoms with van der Waals surface area (Å²) in [5, 5.41) is 0.485. The molecule has 0 saturated carbocycles. The largest absolute Gasteiger partial charge is 0.368 e. The van der Waals surface area contributed by atoms with Gasteiger partial charge in [0.25, 0.3) is 11.8 Å². The van der Waals surface area contributed by atoms with Crippen LogP contribution >= 0.6 is 0 Å². The molecule has 6 heteroatoms. The van der Waals surface area contributed by atoms with Crippen molar-refractivity contribution in [2.24, 2.45) is 0 Å². The Hall–Kier alpha value is -2.76. The normalized spacial score (nSPS) is 13.6. The van der Waals surface area contributed by atoms with Gasteiger partial charge in [0, 0.05) is 18.2 Å². The topological polar surface area (TPSA) is 46.6 Å². The summed E-state index contributed by atoms with van der Waals surface area (Å²) in [7, 11) is 0. The van der Waals surface area contributed by atoms with Crippen LogP contribution in [0.15, 0.2) is 42.5 Å². The third-order valence-corrected chi connectivity index (χ3v) is 2.79. The number of carbonyl (C=O) groups is 2. The Morgan fingerprint density at radius 3 is 1.85 bits per heavy atom. The number of halogens is 2. The van der Waals surface area contributed by atoms with Crippen LogP contribution in [-0.2, 0) is 0 Å². The third kappa shape index (κ3) is 1.91. The second-order valence-corrected chi connectivity index (χ2v) is 4.15. The minimum Gasteiger partial charge on any atom is -0.368 e. The van der Waals surface area contributed by atoms with E-state index in [1.165, 1.54) is 12.1 Å². The molecule has 2 aromatic carbocycles. The van der Waals surface area contributed by atoms with Crippen LogP contribution in [0, 0.1) is 11.6 Å². The SMILES string of the molecule is O=C1c2ccccc2C(=O)N1Oc1cc(F)cc(F)c1. The van der Waals surface area contributed by atoms with Crippen molar-refractivity contribution in [2.45, 2.75) is 0 Å². The molecule has 2 aromatic rings. The number of carbonyl (C=O) groups excluding carboxylic acids is 2. The number of rotatable bonds is 2. The first-order valence-corrected chi connectivity index (χ1v) is 5.68. The average molecular weight is 275 g/mol. The van der Waals surface area contributed by atoms with Crippen molar-refractivity contribution in [1.29, 1.82) is 0 Å². The highest BCUT2D eigenvalue weighted by atomic mass is 19.1.